The van der Waals surface area contributed by atoms with E-state index in [1.54, 1.807) is 6.07 Å². The van der Waals surface area contributed by atoms with Gasteiger partial charge in [-0.15, -0.1) is 0 Å². The highest BCUT2D eigenvalue weighted by Gasteiger charge is 2.53. The van der Waals surface area contributed by atoms with Crippen molar-refractivity contribution in [2.45, 2.75) is 25.2 Å². The summed E-state index contributed by atoms with van der Waals surface area (Å²) in [5, 5.41) is 20.1. The van der Waals surface area contributed by atoms with Crippen molar-refractivity contribution in [3.63, 3.8) is 0 Å². The van der Waals surface area contributed by atoms with Crippen molar-refractivity contribution in [3.8, 4) is 5.75 Å². The van der Waals surface area contributed by atoms with Crippen LogP contribution >= 0.6 is 0 Å². The molecule has 88 valence electrons. The van der Waals surface area contributed by atoms with Crippen LogP contribution in [0.25, 0.3) is 10.9 Å². The molecule has 4 heteroatoms. The summed E-state index contributed by atoms with van der Waals surface area (Å²) in [7, 11) is 0. The number of H-pyrrole nitrogens is 1. The van der Waals surface area contributed by atoms with Crippen LogP contribution in [0.3, 0.4) is 0 Å². The van der Waals surface area contributed by atoms with Crippen LogP contribution in [0.1, 0.15) is 24.1 Å². The SMILES string of the molecule is Cc1cc2c(O)c(C3(C(=O)O)CC3)ccc2[nH]1. The van der Waals surface area contributed by atoms with Gasteiger partial charge in [-0.25, -0.2) is 0 Å². The number of aromatic amines is 1. The van der Waals surface area contributed by atoms with E-state index in [0.29, 0.717) is 23.8 Å². The van der Waals surface area contributed by atoms with Gasteiger partial charge in [0.25, 0.3) is 0 Å². The average Bonchev–Trinajstić information content (AvgIpc) is 2.97. The third-order valence-corrected chi connectivity index (χ3v) is 3.58. The van der Waals surface area contributed by atoms with E-state index < -0.39 is 11.4 Å². The van der Waals surface area contributed by atoms with E-state index in [2.05, 4.69) is 4.98 Å². The summed E-state index contributed by atoms with van der Waals surface area (Å²) in [6, 6.07) is 5.39. The molecule has 1 aromatic heterocycles. The van der Waals surface area contributed by atoms with Crippen molar-refractivity contribution < 1.29 is 15.0 Å². The van der Waals surface area contributed by atoms with Gasteiger partial charge in [0.05, 0.1) is 5.41 Å². The fourth-order valence-electron chi connectivity index (χ4n) is 2.44. The molecule has 0 amide bonds. The van der Waals surface area contributed by atoms with Gasteiger partial charge in [-0.1, -0.05) is 6.07 Å². The highest BCUT2D eigenvalue weighted by Crippen LogP contribution is 2.52. The maximum Gasteiger partial charge on any atom is 0.314 e. The molecule has 1 aliphatic rings. The van der Waals surface area contributed by atoms with Gasteiger partial charge in [0, 0.05) is 22.2 Å². The number of carbonyl (C=O) groups is 1. The Morgan fingerprint density at radius 3 is 2.71 bits per heavy atom. The zero-order chi connectivity index (χ0) is 12.2. The van der Waals surface area contributed by atoms with E-state index in [0.717, 1.165) is 11.2 Å². The molecule has 0 saturated heterocycles. The van der Waals surface area contributed by atoms with Crippen LogP contribution in [-0.2, 0) is 10.2 Å². The molecule has 1 saturated carbocycles. The number of rotatable bonds is 2. The Morgan fingerprint density at radius 1 is 1.41 bits per heavy atom. The number of aromatic nitrogens is 1. The molecule has 4 nitrogen and oxygen atoms in total. The minimum atomic E-state index is -0.858. The van der Waals surface area contributed by atoms with E-state index in [1.165, 1.54) is 0 Å². The molecular weight excluding hydrogens is 218 g/mol. The lowest BCUT2D eigenvalue weighted by atomic mass is 9.94. The number of phenolic OH excluding ortho intramolecular Hbond substituents is 1. The summed E-state index contributed by atoms with van der Waals surface area (Å²) in [5.41, 5.74) is 1.47. The Morgan fingerprint density at radius 2 is 2.12 bits per heavy atom. The summed E-state index contributed by atoms with van der Waals surface area (Å²) in [6.45, 7) is 1.91. The van der Waals surface area contributed by atoms with Crippen LogP contribution < -0.4 is 0 Å². The number of hydrogen-bond donors (Lipinski definition) is 3. The van der Waals surface area contributed by atoms with Crippen molar-refractivity contribution in [2.75, 3.05) is 0 Å². The summed E-state index contributed by atoms with van der Waals surface area (Å²) >= 11 is 0. The van der Waals surface area contributed by atoms with Gasteiger partial charge < -0.3 is 15.2 Å². The Bertz CT molecular complexity index is 623. The van der Waals surface area contributed by atoms with Crippen LogP contribution in [0.5, 0.6) is 5.75 Å². The smallest absolute Gasteiger partial charge is 0.314 e. The fourth-order valence-corrected chi connectivity index (χ4v) is 2.44. The molecule has 17 heavy (non-hydrogen) atoms. The molecule has 3 N–H and O–H groups in total. The standard InChI is InChI=1S/C13H13NO3/c1-7-6-8-10(14-7)3-2-9(11(8)15)13(4-5-13)12(16)17/h2-3,6,14-15H,4-5H2,1H3,(H,16,17). The topological polar surface area (TPSA) is 73.3 Å². The number of benzene rings is 1. The van der Waals surface area contributed by atoms with Crippen LogP contribution in [-0.4, -0.2) is 21.2 Å². The first-order valence-electron chi connectivity index (χ1n) is 5.60. The number of aliphatic carboxylic acids is 1. The third kappa shape index (κ3) is 1.27. The number of aryl methyl sites for hydroxylation is 1. The van der Waals surface area contributed by atoms with Crippen LogP contribution in [0.2, 0.25) is 0 Å². The number of fused-ring (bicyclic) bond motifs is 1. The number of nitrogens with one attached hydrogen (secondary N) is 1. The second-order valence-corrected chi connectivity index (χ2v) is 4.76. The molecule has 0 bridgehead atoms. The zero-order valence-electron chi connectivity index (χ0n) is 9.45. The zero-order valence-corrected chi connectivity index (χ0v) is 9.45. The van der Waals surface area contributed by atoms with Gasteiger partial charge in [-0.3, -0.25) is 4.79 Å². The van der Waals surface area contributed by atoms with Gasteiger partial charge in [-0.05, 0) is 31.9 Å². The first-order valence-corrected chi connectivity index (χ1v) is 5.60. The van der Waals surface area contributed by atoms with E-state index >= 15 is 0 Å². The van der Waals surface area contributed by atoms with Gasteiger partial charge in [0.15, 0.2) is 0 Å². The number of carboxylic acids is 1. The molecule has 1 aromatic carbocycles. The molecule has 0 aliphatic heterocycles. The van der Waals surface area contributed by atoms with Crippen molar-refractivity contribution >= 4 is 16.9 Å². The predicted molar refractivity (Wildman–Crippen MR) is 63.2 cm³/mol. The number of carboxylic acid groups (broad SMARTS) is 1. The van der Waals surface area contributed by atoms with Gasteiger partial charge >= 0.3 is 5.97 Å². The maximum absolute atomic E-state index is 11.3. The molecule has 0 atom stereocenters. The first kappa shape index (κ1) is 10.2. The fraction of sp³-hybridized carbons (Fsp3) is 0.308. The molecule has 2 aromatic rings. The lowest BCUT2D eigenvalue weighted by Crippen LogP contribution is -2.19. The quantitative estimate of drug-likeness (QED) is 0.742. The Kier molecular flexibility index (Phi) is 1.82. The van der Waals surface area contributed by atoms with E-state index in [9.17, 15) is 15.0 Å². The highest BCUT2D eigenvalue weighted by atomic mass is 16.4. The monoisotopic (exact) mass is 231 g/mol. The van der Waals surface area contributed by atoms with Crippen molar-refractivity contribution in [1.82, 2.24) is 4.98 Å². The molecule has 0 unspecified atom stereocenters. The van der Waals surface area contributed by atoms with E-state index in [4.69, 9.17) is 0 Å². The minimum Gasteiger partial charge on any atom is -0.507 e. The molecule has 1 heterocycles. The second kappa shape index (κ2) is 3.03. The Balaban J connectivity index is 2.25. The third-order valence-electron chi connectivity index (χ3n) is 3.58. The summed E-state index contributed by atoms with van der Waals surface area (Å²) < 4.78 is 0. The first-order chi connectivity index (χ1) is 8.04. The van der Waals surface area contributed by atoms with Crippen LogP contribution in [0, 0.1) is 6.92 Å². The van der Waals surface area contributed by atoms with Crippen LogP contribution in [0.15, 0.2) is 18.2 Å². The Hall–Kier alpha value is -1.97. The van der Waals surface area contributed by atoms with E-state index in [-0.39, 0.29) is 5.75 Å². The van der Waals surface area contributed by atoms with Crippen molar-refractivity contribution in [3.05, 3.63) is 29.5 Å². The number of hydrogen-bond acceptors (Lipinski definition) is 2. The summed E-state index contributed by atoms with van der Waals surface area (Å²) in [6.07, 6.45) is 1.20. The van der Waals surface area contributed by atoms with Gasteiger partial charge in [0.2, 0.25) is 0 Å². The average molecular weight is 231 g/mol. The molecule has 0 radical (unpaired) electrons. The molecular formula is C13H13NO3. The predicted octanol–water partition coefficient (Wildman–Crippen LogP) is 2.30. The van der Waals surface area contributed by atoms with Crippen molar-refractivity contribution in [2.24, 2.45) is 0 Å². The minimum absolute atomic E-state index is 0.103. The number of phenols is 1. The lowest BCUT2D eigenvalue weighted by Gasteiger charge is -2.12. The molecule has 1 fully saturated rings. The molecule has 1 aliphatic carbocycles. The highest BCUT2D eigenvalue weighted by molar-refractivity contribution is 5.93. The van der Waals surface area contributed by atoms with E-state index in [1.807, 2.05) is 19.1 Å². The normalized spacial score (nSPS) is 17.2. The summed E-state index contributed by atoms with van der Waals surface area (Å²) in [4.78, 5) is 14.4. The molecule has 0 spiro atoms. The van der Waals surface area contributed by atoms with Crippen LogP contribution in [0.4, 0.5) is 0 Å². The van der Waals surface area contributed by atoms with Gasteiger partial charge in [-0.2, -0.15) is 0 Å². The second-order valence-electron chi connectivity index (χ2n) is 4.76. The largest absolute Gasteiger partial charge is 0.507 e. The lowest BCUT2D eigenvalue weighted by molar-refractivity contribution is -0.140. The maximum atomic E-state index is 11.3. The Labute approximate surface area is 97.9 Å². The van der Waals surface area contributed by atoms with Crippen molar-refractivity contribution in [1.29, 1.82) is 0 Å². The number of aromatic hydroxyl groups is 1. The summed E-state index contributed by atoms with van der Waals surface area (Å²) in [5.74, 6) is -0.744. The molecule has 3 rings (SSSR count). The van der Waals surface area contributed by atoms with Gasteiger partial charge in [0.1, 0.15) is 5.75 Å².